The third-order valence-corrected chi connectivity index (χ3v) is 1.67. The van der Waals surface area contributed by atoms with Gasteiger partial charge in [0.1, 0.15) is 11.6 Å². The first-order valence-electron chi connectivity index (χ1n) is 3.16. The summed E-state index contributed by atoms with van der Waals surface area (Å²) in [6.45, 7) is 0. The summed E-state index contributed by atoms with van der Waals surface area (Å²) < 4.78 is 17.5. The molecular formula is C8H10ClFMgO. The zero-order valence-electron chi connectivity index (χ0n) is 8.81. The van der Waals surface area contributed by atoms with Crippen LogP contribution >= 0.6 is 11.6 Å². The fourth-order valence-corrected chi connectivity index (χ4v) is 1.06. The van der Waals surface area contributed by atoms with Gasteiger partial charge in [0, 0.05) is 5.56 Å². The predicted octanol–water partition coefficient (Wildman–Crippen LogP) is 2.42. The number of hydrogen-bond donors (Lipinski definition) is 0. The van der Waals surface area contributed by atoms with Crippen LogP contribution in [-0.4, -0.2) is 30.2 Å². The zero-order chi connectivity index (χ0) is 8.27. The molecule has 0 aliphatic carbocycles. The fraction of sp³-hybridized carbons (Fsp3) is 0.250. The van der Waals surface area contributed by atoms with Gasteiger partial charge in [-0.1, -0.05) is 0 Å². The van der Waals surface area contributed by atoms with Crippen molar-refractivity contribution in [2.75, 3.05) is 7.11 Å². The van der Waals surface area contributed by atoms with E-state index in [-0.39, 0.29) is 37.6 Å². The van der Waals surface area contributed by atoms with E-state index in [2.05, 4.69) is 0 Å². The van der Waals surface area contributed by atoms with E-state index in [0.29, 0.717) is 11.3 Å². The molecule has 0 aromatic heterocycles. The molecule has 0 unspecified atom stereocenters. The second-order valence-electron chi connectivity index (χ2n) is 2.09. The van der Waals surface area contributed by atoms with Crippen molar-refractivity contribution in [3.05, 3.63) is 29.6 Å². The first kappa shape index (κ1) is 12.0. The largest absolute Gasteiger partial charge is 2.00 e. The molecular weight excluding hydrogens is 191 g/mol. The second-order valence-corrected chi connectivity index (χ2v) is 2.36. The maximum Gasteiger partial charge on any atom is 2.00 e. The Morgan fingerprint density at radius 3 is 2.75 bits per heavy atom. The Bertz CT molecular complexity index is 263. The van der Waals surface area contributed by atoms with Crippen LogP contribution in [-0.2, 0) is 5.88 Å². The van der Waals surface area contributed by atoms with E-state index >= 15 is 0 Å². The van der Waals surface area contributed by atoms with Gasteiger partial charge >= 0.3 is 23.1 Å². The van der Waals surface area contributed by atoms with Gasteiger partial charge in [0.2, 0.25) is 0 Å². The molecule has 1 aromatic rings. The van der Waals surface area contributed by atoms with E-state index in [1.807, 2.05) is 0 Å². The number of rotatable bonds is 2. The van der Waals surface area contributed by atoms with Crippen LogP contribution in [0.4, 0.5) is 4.39 Å². The molecule has 0 saturated heterocycles. The topological polar surface area (TPSA) is 9.23 Å². The molecule has 4 heteroatoms. The summed E-state index contributed by atoms with van der Waals surface area (Å²) in [5, 5.41) is 0. The van der Waals surface area contributed by atoms with Crippen LogP contribution in [0.5, 0.6) is 5.75 Å². The summed E-state index contributed by atoms with van der Waals surface area (Å²) >= 11 is 5.54. The van der Waals surface area contributed by atoms with Gasteiger partial charge in [-0.05, 0) is 18.2 Å². The van der Waals surface area contributed by atoms with Crippen LogP contribution in [0.2, 0.25) is 0 Å². The first-order valence-corrected chi connectivity index (χ1v) is 3.69. The minimum absolute atomic E-state index is 0. The molecule has 0 fully saturated rings. The van der Waals surface area contributed by atoms with E-state index < -0.39 is 0 Å². The van der Waals surface area contributed by atoms with Crippen molar-refractivity contribution in [1.29, 1.82) is 0 Å². The number of alkyl halides is 1. The molecule has 0 atom stereocenters. The third-order valence-electron chi connectivity index (χ3n) is 1.39. The van der Waals surface area contributed by atoms with Crippen molar-refractivity contribution in [1.82, 2.24) is 0 Å². The van der Waals surface area contributed by atoms with Gasteiger partial charge in [-0.3, -0.25) is 0 Å². The maximum absolute atomic E-state index is 12.6. The Balaban J connectivity index is -0.000000403. The van der Waals surface area contributed by atoms with Crippen molar-refractivity contribution < 1.29 is 12.0 Å². The maximum atomic E-state index is 12.6. The minimum Gasteiger partial charge on any atom is -1.00 e. The molecule has 0 spiro atoms. The van der Waals surface area contributed by atoms with Crippen LogP contribution in [0.3, 0.4) is 0 Å². The Kier molecular flexibility index (Phi) is 5.62. The Morgan fingerprint density at radius 1 is 1.58 bits per heavy atom. The van der Waals surface area contributed by atoms with Crippen LogP contribution < -0.4 is 4.74 Å². The van der Waals surface area contributed by atoms with Crippen molar-refractivity contribution in [3.8, 4) is 5.75 Å². The molecule has 1 aromatic carbocycles. The van der Waals surface area contributed by atoms with Crippen molar-refractivity contribution in [3.63, 3.8) is 0 Å². The molecule has 0 bridgehead atoms. The summed E-state index contributed by atoms with van der Waals surface area (Å²) in [7, 11) is 1.53. The van der Waals surface area contributed by atoms with E-state index in [0.717, 1.165) is 0 Å². The van der Waals surface area contributed by atoms with Crippen LogP contribution in [0.25, 0.3) is 0 Å². The monoisotopic (exact) mass is 200 g/mol. The molecule has 64 valence electrons. The van der Waals surface area contributed by atoms with Crippen molar-refractivity contribution >= 4 is 34.7 Å². The van der Waals surface area contributed by atoms with E-state index in [9.17, 15) is 4.39 Å². The van der Waals surface area contributed by atoms with Gasteiger partial charge < -0.3 is 7.59 Å². The summed E-state index contributed by atoms with van der Waals surface area (Å²) in [4.78, 5) is 0. The van der Waals surface area contributed by atoms with Gasteiger partial charge in [0.25, 0.3) is 0 Å². The average molecular weight is 201 g/mol. The number of benzene rings is 1. The van der Waals surface area contributed by atoms with Gasteiger partial charge in [-0.25, -0.2) is 4.39 Å². The first-order chi connectivity index (χ1) is 5.27. The number of halogens is 2. The summed E-state index contributed by atoms with van der Waals surface area (Å²) in [6, 6.07) is 4.27. The summed E-state index contributed by atoms with van der Waals surface area (Å²) in [5.74, 6) is 0.601. The van der Waals surface area contributed by atoms with Crippen LogP contribution in [0, 0.1) is 5.82 Å². The normalized spacial score (nSPS) is 8.92. The predicted molar refractivity (Wildman–Crippen MR) is 50.5 cm³/mol. The molecule has 0 saturated carbocycles. The van der Waals surface area contributed by atoms with Crippen LogP contribution in [0.15, 0.2) is 18.2 Å². The fourth-order valence-electron chi connectivity index (χ4n) is 0.852. The minimum atomic E-state index is -0.290. The molecule has 1 nitrogen and oxygen atoms in total. The summed E-state index contributed by atoms with van der Waals surface area (Å²) in [5.41, 5.74) is 0.675. The Labute approximate surface area is 95.0 Å². The number of hydrogen-bond acceptors (Lipinski definition) is 1. The molecule has 0 N–H and O–H groups in total. The molecule has 0 radical (unpaired) electrons. The average Bonchev–Trinajstić information content (AvgIpc) is 2.04. The molecule has 0 aliphatic heterocycles. The summed E-state index contributed by atoms with van der Waals surface area (Å²) in [6.07, 6.45) is 0. The SMILES string of the molecule is COc1ccc(F)cc1CCl.[H-].[H-].[Mg+2]. The van der Waals surface area contributed by atoms with Gasteiger partial charge in [-0.15, -0.1) is 11.6 Å². The van der Waals surface area contributed by atoms with E-state index in [1.54, 1.807) is 6.07 Å². The zero-order valence-corrected chi connectivity index (χ0v) is 8.98. The quantitative estimate of drug-likeness (QED) is 0.527. The molecule has 0 heterocycles. The number of ether oxygens (including phenoxy) is 1. The van der Waals surface area contributed by atoms with Crippen LogP contribution in [0.1, 0.15) is 8.42 Å². The third kappa shape index (κ3) is 2.81. The van der Waals surface area contributed by atoms with E-state index in [1.165, 1.54) is 19.2 Å². The second kappa shape index (κ2) is 5.62. The smallest absolute Gasteiger partial charge is 1.00 e. The molecule has 12 heavy (non-hydrogen) atoms. The Hall–Kier alpha value is 0.00623. The Morgan fingerprint density at radius 2 is 2.25 bits per heavy atom. The molecule has 1 rings (SSSR count). The van der Waals surface area contributed by atoms with Crippen molar-refractivity contribution in [2.45, 2.75) is 5.88 Å². The standard InChI is InChI=1S/C8H8ClFO.Mg.2H/c1-11-8-3-2-7(10)4-6(8)5-9;;;/h2-4H,5H2,1H3;;;/q;+2;2*-1. The van der Waals surface area contributed by atoms with E-state index in [4.69, 9.17) is 16.3 Å². The van der Waals surface area contributed by atoms with Gasteiger partial charge in [0.15, 0.2) is 0 Å². The molecule has 0 aliphatic rings. The van der Waals surface area contributed by atoms with Crippen molar-refractivity contribution in [2.24, 2.45) is 0 Å². The van der Waals surface area contributed by atoms with Gasteiger partial charge in [0.05, 0.1) is 13.0 Å². The molecule has 0 amide bonds. The van der Waals surface area contributed by atoms with Gasteiger partial charge in [-0.2, -0.15) is 0 Å². The number of methoxy groups -OCH3 is 1.